The first-order chi connectivity index (χ1) is 9.66. The number of rotatable bonds is 2. The van der Waals surface area contributed by atoms with Crippen molar-refractivity contribution in [3.05, 3.63) is 59.0 Å². The maximum absolute atomic E-state index is 11.8. The first-order valence-electron chi connectivity index (χ1n) is 6.32. The Morgan fingerprint density at radius 2 is 2.15 bits per heavy atom. The first kappa shape index (κ1) is 12.9. The van der Waals surface area contributed by atoms with E-state index in [2.05, 4.69) is 5.10 Å². The molecule has 0 radical (unpaired) electrons. The van der Waals surface area contributed by atoms with E-state index in [0.29, 0.717) is 17.2 Å². The second kappa shape index (κ2) is 5.13. The van der Waals surface area contributed by atoms with Crippen LogP contribution >= 0.6 is 11.6 Å². The molecule has 0 aliphatic carbocycles. The van der Waals surface area contributed by atoms with E-state index in [1.165, 1.54) is 11.9 Å². The Hall–Kier alpha value is -2.07. The molecule has 0 bridgehead atoms. The Bertz CT molecular complexity index is 664. The van der Waals surface area contributed by atoms with Crippen molar-refractivity contribution >= 4 is 23.2 Å². The molecule has 102 valence electrons. The molecule has 1 aliphatic rings. The quantitative estimate of drug-likeness (QED) is 0.847. The molecule has 1 aromatic heterocycles. The van der Waals surface area contributed by atoms with Gasteiger partial charge in [0.1, 0.15) is 11.5 Å². The molecule has 1 aliphatic heterocycles. The lowest BCUT2D eigenvalue weighted by molar-refractivity contribution is -0.130. The predicted octanol–water partition coefficient (Wildman–Crippen LogP) is 3.63. The van der Waals surface area contributed by atoms with E-state index in [0.717, 1.165) is 11.3 Å². The number of furan rings is 1. The minimum Gasteiger partial charge on any atom is -0.463 e. The van der Waals surface area contributed by atoms with Gasteiger partial charge in [-0.3, -0.25) is 4.79 Å². The third kappa shape index (κ3) is 2.23. The van der Waals surface area contributed by atoms with Gasteiger partial charge in [-0.25, -0.2) is 5.01 Å². The molecule has 5 heteroatoms. The van der Waals surface area contributed by atoms with Crippen molar-refractivity contribution in [2.75, 3.05) is 0 Å². The van der Waals surface area contributed by atoms with E-state index in [-0.39, 0.29) is 11.9 Å². The largest absolute Gasteiger partial charge is 0.463 e. The number of hydrogen-bond acceptors (Lipinski definition) is 3. The molecule has 2 aromatic rings. The number of nitrogens with zero attached hydrogens (tertiary/aromatic N) is 2. The van der Waals surface area contributed by atoms with Gasteiger partial charge in [-0.1, -0.05) is 29.8 Å². The monoisotopic (exact) mass is 288 g/mol. The normalized spacial score (nSPS) is 18.2. The maximum atomic E-state index is 11.8. The molecule has 4 nitrogen and oxygen atoms in total. The Morgan fingerprint density at radius 1 is 1.35 bits per heavy atom. The number of carbonyl (C=O) groups excluding carboxylic acids is 1. The van der Waals surface area contributed by atoms with Gasteiger partial charge in [0.05, 0.1) is 12.3 Å². The van der Waals surface area contributed by atoms with Gasteiger partial charge in [0.25, 0.3) is 0 Å². The fourth-order valence-corrected chi connectivity index (χ4v) is 2.64. The fourth-order valence-electron chi connectivity index (χ4n) is 2.38. The Balaban J connectivity index is 1.98. The van der Waals surface area contributed by atoms with E-state index in [9.17, 15) is 4.79 Å². The molecule has 1 atom stereocenters. The predicted molar refractivity (Wildman–Crippen MR) is 76.6 cm³/mol. The molecule has 20 heavy (non-hydrogen) atoms. The third-order valence-electron chi connectivity index (χ3n) is 3.30. The van der Waals surface area contributed by atoms with E-state index in [1.807, 2.05) is 30.3 Å². The highest BCUT2D eigenvalue weighted by atomic mass is 35.5. The smallest absolute Gasteiger partial charge is 0.240 e. The summed E-state index contributed by atoms with van der Waals surface area (Å²) in [7, 11) is 0. The maximum Gasteiger partial charge on any atom is 0.240 e. The Kier molecular flexibility index (Phi) is 3.32. The molecule has 0 saturated carbocycles. The van der Waals surface area contributed by atoms with Crippen molar-refractivity contribution in [2.45, 2.75) is 19.4 Å². The van der Waals surface area contributed by atoms with Crippen LogP contribution in [-0.4, -0.2) is 16.6 Å². The SMILES string of the molecule is CC(=O)N1N=C(c2ccco2)C[C@H]1c1ccccc1Cl. The topological polar surface area (TPSA) is 45.8 Å². The van der Waals surface area contributed by atoms with Crippen LogP contribution in [0.2, 0.25) is 5.02 Å². The zero-order chi connectivity index (χ0) is 14.1. The second-order valence-corrected chi connectivity index (χ2v) is 5.04. The summed E-state index contributed by atoms with van der Waals surface area (Å²) in [5.74, 6) is 0.572. The summed E-state index contributed by atoms with van der Waals surface area (Å²) in [6.45, 7) is 1.50. The van der Waals surface area contributed by atoms with Crippen LogP contribution in [-0.2, 0) is 4.79 Å². The van der Waals surface area contributed by atoms with Gasteiger partial charge in [-0.15, -0.1) is 0 Å². The van der Waals surface area contributed by atoms with Crippen molar-refractivity contribution in [1.29, 1.82) is 0 Å². The summed E-state index contributed by atoms with van der Waals surface area (Å²) < 4.78 is 5.36. The van der Waals surface area contributed by atoms with Gasteiger partial charge in [0, 0.05) is 18.4 Å². The zero-order valence-corrected chi connectivity index (χ0v) is 11.7. The van der Waals surface area contributed by atoms with Crippen molar-refractivity contribution in [2.24, 2.45) is 5.10 Å². The molecule has 3 rings (SSSR count). The molecule has 0 N–H and O–H groups in total. The van der Waals surface area contributed by atoms with Crippen molar-refractivity contribution in [1.82, 2.24) is 5.01 Å². The van der Waals surface area contributed by atoms with Gasteiger partial charge in [-0.2, -0.15) is 5.10 Å². The Morgan fingerprint density at radius 3 is 2.80 bits per heavy atom. The lowest BCUT2D eigenvalue weighted by atomic mass is 10.0. The number of hydrazone groups is 1. The van der Waals surface area contributed by atoms with Crippen LogP contribution in [0.1, 0.15) is 30.7 Å². The van der Waals surface area contributed by atoms with Gasteiger partial charge in [0.2, 0.25) is 5.91 Å². The van der Waals surface area contributed by atoms with Gasteiger partial charge in [-0.05, 0) is 23.8 Å². The molecule has 0 spiro atoms. The third-order valence-corrected chi connectivity index (χ3v) is 3.65. The van der Waals surface area contributed by atoms with Crippen molar-refractivity contribution < 1.29 is 9.21 Å². The van der Waals surface area contributed by atoms with Gasteiger partial charge >= 0.3 is 0 Å². The summed E-state index contributed by atoms with van der Waals surface area (Å²) in [4.78, 5) is 11.8. The fraction of sp³-hybridized carbons (Fsp3) is 0.200. The lowest BCUT2D eigenvalue weighted by Gasteiger charge is -2.21. The van der Waals surface area contributed by atoms with Crippen LogP contribution in [0.25, 0.3) is 0 Å². The number of hydrogen-bond donors (Lipinski definition) is 0. The molecular weight excluding hydrogens is 276 g/mol. The van der Waals surface area contributed by atoms with E-state index >= 15 is 0 Å². The van der Waals surface area contributed by atoms with Gasteiger partial charge < -0.3 is 4.42 Å². The summed E-state index contributed by atoms with van der Waals surface area (Å²) in [6.07, 6.45) is 2.19. The molecule has 0 saturated heterocycles. The average molecular weight is 289 g/mol. The molecule has 1 amide bonds. The first-order valence-corrected chi connectivity index (χ1v) is 6.70. The zero-order valence-electron chi connectivity index (χ0n) is 10.9. The molecule has 0 fully saturated rings. The average Bonchev–Trinajstić information content (AvgIpc) is 3.08. The van der Waals surface area contributed by atoms with Gasteiger partial charge in [0.15, 0.2) is 0 Å². The summed E-state index contributed by atoms with van der Waals surface area (Å²) in [6, 6.07) is 11.0. The number of halogens is 1. The highest BCUT2D eigenvalue weighted by Crippen LogP contribution is 2.36. The van der Waals surface area contributed by atoms with E-state index < -0.39 is 0 Å². The van der Waals surface area contributed by atoms with Crippen LogP contribution in [0.15, 0.2) is 52.2 Å². The Labute approximate surface area is 121 Å². The van der Waals surface area contributed by atoms with Crippen LogP contribution in [0.4, 0.5) is 0 Å². The number of carbonyl (C=O) groups is 1. The minimum atomic E-state index is -0.179. The van der Waals surface area contributed by atoms with Crippen LogP contribution in [0.3, 0.4) is 0 Å². The minimum absolute atomic E-state index is 0.114. The summed E-state index contributed by atoms with van der Waals surface area (Å²) in [5, 5.41) is 6.49. The van der Waals surface area contributed by atoms with Crippen LogP contribution in [0, 0.1) is 0 Å². The highest BCUT2D eigenvalue weighted by molar-refractivity contribution is 6.31. The van der Waals surface area contributed by atoms with E-state index in [4.69, 9.17) is 16.0 Å². The molecular formula is C15H13ClN2O2. The summed E-state index contributed by atoms with van der Waals surface area (Å²) in [5.41, 5.74) is 1.66. The lowest BCUT2D eigenvalue weighted by Crippen LogP contribution is -2.24. The summed E-state index contributed by atoms with van der Waals surface area (Å²) >= 11 is 6.23. The van der Waals surface area contributed by atoms with E-state index in [1.54, 1.807) is 12.3 Å². The molecule has 2 heterocycles. The number of benzene rings is 1. The number of amides is 1. The molecule has 0 unspecified atom stereocenters. The van der Waals surface area contributed by atoms with Crippen LogP contribution in [0.5, 0.6) is 0 Å². The highest BCUT2D eigenvalue weighted by Gasteiger charge is 2.33. The standard InChI is InChI=1S/C15H13ClN2O2/c1-10(19)18-14(11-5-2-3-6-12(11)16)9-13(17-18)15-7-4-8-20-15/h2-8,14H,9H2,1H3/t14-/m0/s1. The molecule has 1 aromatic carbocycles. The van der Waals surface area contributed by atoms with Crippen molar-refractivity contribution in [3.8, 4) is 0 Å². The second-order valence-electron chi connectivity index (χ2n) is 4.63. The van der Waals surface area contributed by atoms with Crippen LogP contribution < -0.4 is 0 Å². The van der Waals surface area contributed by atoms with Crippen molar-refractivity contribution in [3.63, 3.8) is 0 Å².